The van der Waals surface area contributed by atoms with Crippen LogP contribution in [0.2, 0.25) is 0 Å². The first-order valence-corrected chi connectivity index (χ1v) is 5.57. The average Bonchev–Trinajstić information content (AvgIpc) is 2.54. The number of thiophene rings is 1. The third kappa shape index (κ3) is 3.46. The van der Waals surface area contributed by atoms with Crippen LogP contribution in [-0.4, -0.2) is 17.8 Å². The molecule has 3 heteroatoms. The first-order valence-electron chi connectivity index (χ1n) is 4.63. The molecule has 0 radical (unpaired) electrons. The lowest BCUT2D eigenvalue weighted by atomic mass is 10.1. The third-order valence-corrected chi connectivity index (χ3v) is 2.60. The molecule has 0 bridgehead atoms. The van der Waals surface area contributed by atoms with Gasteiger partial charge in [-0.1, -0.05) is 13.8 Å². The Morgan fingerprint density at radius 3 is 2.77 bits per heavy atom. The molecular formula is C10H17NOS. The Bertz CT molecular complexity index is 221. The molecule has 2 nitrogen and oxygen atoms in total. The number of aliphatic hydroxyl groups is 1. The first kappa shape index (κ1) is 10.7. The van der Waals surface area contributed by atoms with E-state index in [1.54, 1.807) is 11.3 Å². The van der Waals surface area contributed by atoms with Crippen LogP contribution in [0.5, 0.6) is 0 Å². The molecule has 1 aromatic heterocycles. The van der Waals surface area contributed by atoms with Crippen molar-refractivity contribution in [1.82, 2.24) is 5.32 Å². The third-order valence-electron chi connectivity index (χ3n) is 1.90. The van der Waals surface area contributed by atoms with Gasteiger partial charge in [-0.25, -0.2) is 0 Å². The van der Waals surface area contributed by atoms with Crippen LogP contribution >= 0.6 is 11.3 Å². The van der Waals surface area contributed by atoms with Crippen molar-refractivity contribution in [2.75, 3.05) is 6.61 Å². The lowest BCUT2D eigenvalue weighted by Crippen LogP contribution is -2.28. The molecule has 74 valence electrons. The fraction of sp³-hybridized carbons (Fsp3) is 0.600. The van der Waals surface area contributed by atoms with Gasteiger partial charge >= 0.3 is 0 Å². The van der Waals surface area contributed by atoms with E-state index in [1.807, 2.05) is 0 Å². The smallest absolute Gasteiger partial charge is 0.0449 e. The van der Waals surface area contributed by atoms with Crippen LogP contribution in [0.15, 0.2) is 16.8 Å². The van der Waals surface area contributed by atoms with Crippen LogP contribution in [0.1, 0.15) is 31.9 Å². The highest BCUT2D eigenvalue weighted by Crippen LogP contribution is 2.19. The predicted molar refractivity (Wildman–Crippen MR) is 57.0 cm³/mol. The van der Waals surface area contributed by atoms with E-state index < -0.39 is 0 Å². The molecule has 0 aromatic carbocycles. The summed E-state index contributed by atoms with van der Waals surface area (Å²) in [6.07, 6.45) is 0.787. The molecule has 1 aromatic rings. The molecular weight excluding hydrogens is 182 g/mol. The van der Waals surface area contributed by atoms with Gasteiger partial charge in [0.2, 0.25) is 0 Å². The minimum Gasteiger partial charge on any atom is -0.396 e. The van der Waals surface area contributed by atoms with Crippen molar-refractivity contribution >= 4 is 11.3 Å². The Hall–Kier alpha value is -0.380. The topological polar surface area (TPSA) is 32.3 Å². The predicted octanol–water partition coefficient (Wildman–Crippen LogP) is 2.17. The van der Waals surface area contributed by atoms with E-state index in [0.717, 1.165) is 6.42 Å². The maximum absolute atomic E-state index is 8.91. The summed E-state index contributed by atoms with van der Waals surface area (Å²) in [5.41, 5.74) is 1.28. The first-order chi connectivity index (χ1) is 6.24. The molecule has 0 fully saturated rings. The second kappa shape index (κ2) is 5.37. The molecule has 0 aliphatic rings. The van der Waals surface area contributed by atoms with Crippen LogP contribution in [-0.2, 0) is 0 Å². The number of hydrogen-bond acceptors (Lipinski definition) is 3. The van der Waals surface area contributed by atoms with Gasteiger partial charge in [-0.15, -0.1) is 0 Å². The summed E-state index contributed by atoms with van der Waals surface area (Å²) < 4.78 is 0. The number of nitrogens with one attached hydrogen (secondary N) is 1. The van der Waals surface area contributed by atoms with Gasteiger partial charge in [0.25, 0.3) is 0 Å². The van der Waals surface area contributed by atoms with Crippen LogP contribution in [0.4, 0.5) is 0 Å². The van der Waals surface area contributed by atoms with Gasteiger partial charge in [0.05, 0.1) is 0 Å². The maximum Gasteiger partial charge on any atom is 0.0449 e. The second-order valence-corrected chi connectivity index (χ2v) is 4.22. The Morgan fingerprint density at radius 1 is 1.54 bits per heavy atom. The van der Waals surface area contributed by atoms with E-state index in [9.17, 15) is 0 Å². The largest absolute Gasteiger partial charge is 0.396 e. The zero-order valence-corrected chi connectivity index (χ0v) is 8.97. The fourth-order valence-corrected chi connectivity index (χ4v) is 2.07. The lowest BCUT2D eigenvalue weighted by Gasteiger charge is -2.19. The highest BCUT2D eigenvalue weighted by Gasteiger charge is 2.11. The van der Waals surface area contributed by atoms with Gasteiger partial charge in [-0.3, -0.25) is 0 Å². The second-order valence-electron chi connectivity index (χ2n) is 3.44. The number of aliphatic hydroxyl groups excluding tert-OH is 1. The molecule has 1 heterocycles. The standard InChI is InChI=1S/C10H17NOS/c1-8(2)11-10(3-5-12)9-4-6-13-7-9/h4,6-8,10-12H,3,5H2,1-2H3/t10-/m1/s1. The van der Waals surface area contributed by atoms with Gasteiger partial charge in [-0.05, 0) is 28.8 Å². The SMILES string of the molecule is CC(C)N[C@H](CCO)c1ccsc1. The summed E-state index contributed by atoms with van der Waals surface area (Å²) in [4.78, 5) is 0. The Morgan fingerprint density at radius 2 is 2.31 bits per heavy atom. The van der Waals surface area contributed by atoms with Crippen molar-refractivity contribution in [2.45, 2.75) is 32.4 Å². The summed E-state index contributed by atoms with van der Waals surface area (Å²) in [6, 6.07) is 2.87. The van der Waals surface area contributed by atoms with E-state index in [-0.39, 0.29) is 6.61 Å². The molecule has 13 heavy (non-hydrogen) atoms. The lowest BCUT2D eigenvalue weighted by molar-refractivity contribution is 0.261. The van der Waals surface area contributed by atoms with Crippen molar-refractivity contribution in [3.05, 3.63) is 22.4 Å². The van der Waals surface area contributed by atoms with Gasteiger partial charge in [0.15, 0.2) is 0 Å². The molecule has 0 amide bonds. The van der Waals surface area contributed by atoms with Crippen molar-refractivity contribution in [3.63, 3.8) is 0 Å². The van der Waals surface area contributed by atoms with E-state index in [1.165, 1.54) is 5.56 Å². The normalized spacial score (nSPS) is 13.5. The monoisotopic (exact) mass is 199 g/mol. The van der Waals surface area contributed by atoms with Gasteiger partial charge in [0, 0.05) is 18.7 Å². The molecule has 1 atom stereocenters. The molecule has 1 rings (SSSR count). The van der Waals surface area contributed by atoms with Crippen LogP contribution in [0.25, 0.3) is 0 Å². The van der Waals surface area contributed by atoms with Gasteiger partial charge < -0.3 is 10.4 Å². The summed E-state index contributed by atoms with van der Waals surface area (Å²) in [5.74, 6) is 0. The summed E-state index contributed by atoms with van der Waals surface area (Å²) >= 11 is 1.70. The molecule has 0 aliphatic carbocycles. The fourth-order valence-electron chi connectivity index (χ4n) is 1.35. The van der Waals surface area contributed by atoms with Crippen LogP contribution in [0.3, 0.4) is 0 Å². The Balaban J connectivity index is 2.57. The summed E-state index contributed by atoms with van der Waals surface area (Å²) in [7, 11) is 0. The van der Waals surface area contributed by atoms with Crippen LogP contribution < -0.4 is 5.32 Å². The minimum atomic E-state index is 0.236. The van der Waals surface area contributed by atoms with E-state index in [0.29, 0.717) is 12.1 Å². The average molecular weight is 199 g/mol. The zero-order valence-electron chi connectivity index (χ0n) is 8.16. The zero-order chi connectivity index (χ0) is 9.68. The molecule has 0 spiro atoms. The van der Waals surface area contributed by atoms with Gasteiger partial charge in [-0.2, -0.15) is 11.3 Å². The maximum atomic E-state index is 8.91. The van der Waals surface area contributed by atoms with Crippen LogP contribution in [0, 0.1) is 0 Å². The van der Waals surface area contributed by atoms with Crippen molar-refractivity contribution in [3.8, 4) is 0 Å². The Labute approximate surface area is 83.6 Å². The highest BCUT2D eigenvalue weighted by molar-refractivity contribution is 7.07. The molecule has 0 aliphatic heterocycles. The quantitative estimate of drug-likeness (QED) is 0.761. The molecule has 0 saturated heterocycles. The summed E-state index contributed by atoms with van der Waals surface area (Å²) in [6.45, 7) is 4.48. The number of rotatable bonds is 5. The van der Waals surface area contributed by atoms with Crippen molar-refractivity contribution in [2.24, 2.45) is 0 Å². The molecule has 2 N–H and O–H groups in total. The van der Waals surface area contributed by atoms with E-state index in [4.69, 9.17) is 5.11 Å². The molecule has 0 saturated carbocycles. The minimum absolute atomic E-state index is 0.236. The van der Waals surface area contributed by atoms with Crippen molar-refractivity contribution < 1.29 is 5.11 Å². The van der Waals surface area contributed by atoms with E-state index >= 15 is 0 Å². The molecule has 0 unspecified atom stereocenters. The number of hydrogen-bond donors (Lipinski definition) is 2. The summed E-state index contributed by atoms with van der Waals surface area (Å²) in [5, 5.41) is 16.5. The van der Waals surface area contributed by atoms with Gasteiger partial charge in [0.1, 0.15) is 0 Å². The van der Waals surface area contributed by atoms with Crippen molar-refractivity contribution in [1.29, 1.82) is 0 Å². The van der Waals surface area contributed by atoms with E-state index in [2.05, 4.69) is 36.0 Å². The highest BCUT2D eigenvalue weighted by atomic mass is 32.1. The Kier molecular flexibility index (Phi) is 4.42.